The molecule has 142 valence electrons. The van der Waals surface area contributed by atoms with Crippen LogP contribution in [0.3, 0.4) is 0 Å². The molecular formula is C21H27N5O. The number of pyridine rings is 1. The van der Waals surface area contributed by atoms with E-state index in [-0.39, 0.29) is 0 Å². The highest BCUT2D eigenvalue weighted by Gasteiger charge is 2.36. The summed E-state index contributed by atoms with van der Waals surface area (Å²) in [6, 6.07) is 4.28. The number of aliphatic imine (C=N–C) groups is 1. The quantitative estimate of drug-likeness (QED) is 0.659. The SMILES string of the molecule is C=C(c1ccnc(-c2ccn[nH]2)c1/N=C(\C)N1CCOC[C@H]1C)[C@H]1C[C@@H]1C. The number of aromatic amines is 1. The van der Waals surface area contributed by atoms with Crippen molar-refractivity contribution in [1.29, 1.82) is 0 Å². The Bertz CT molecular complexity index is 857. The number of H-pyrrole nitrogens is 1. The minimum atomic E-state index is 0.310. The second-order valence-electron chi connectivity index (χ2n) is 7.65. The minimum Gasteiger partial charge on any atom is -0.377 e. The predicted molar refractivity (Wildman–Crippen MR) is 108 cm³/mol. The molecule has 1 saturated carbocycles. The number of nitrogens with one attached hydrogen (secondary N) is 1. The summed E-state index contributed by atoms with van der Waals surface area (Å²) in [6.45, 7) is 13.2. The smallest absolute Gasteiger partial charge is 0.114 e. The number of hydrogen-bond acceptors (Lipinski definition) is 4. The van der Waals surface area contributed by atoms with Gasteiger partial charge in [0.05, 0.1) is 24.9 Å². The third kappa shape index (κ3) is 3.54. The molecule has 2 aromatic heterocycles. The van der Waals surface area contributed by atoms with E-state index in [1.54, 1.807) is 6.20 Å². The van der Waals surface area contributed by atoms with E-state index in [4.69, 9.17) is 9.73 Å². The molecule has 2 aromatic rings. The first-order valence-electron chi connectivity index (χ1n) is 9.64. The van der Waals surface area contributed by atoms with E-state index >= 15 is 0 Å². The van der Waals surface area contributed by atoms with Gasteiger partial charge in [0.15, 0.2) is 0 Å². The van der Waals surface area contributed by atoms with E-state index in [9.17, 15) is 0 Å². The zero-order chi connectivity index (χ0) is 19.0. The molecular weight excluding hydrogens is 338 g/mol. The lowest BCUT2D eigenvalue weighted by atomic mass is 9.99. The van der Waals surface area contributed by atoms with Crippen LogP contribution in [0.4, 0.5) is 5.69 Å². The van der Waals surface area contributed by atoms with E-state index < -0.39 is 0 Å². The maximum atomic E-state index is 5.57. The first kappa shape index (κ1) is 17.9. The van der Waals surface area contributed by atoms with Crippen molar-refractivity contribution in [1.82, 2.24) is 20.1 Å². The number of aromatic nitrogens is 3. The highest BCUT2D eigenvalue weighted by atomic mass is 16.5. The van der Waals surface area contributed by atoms with E-state index in [2.05, 4.69) is 47.4 Å². The maximum Gasteiger partial charge on any atom is 0.114 e. The summed E-state index contributed by atoms with van der Waals surface area (Å²) < 4.78 is 5.57. The normalized spacial score (nSPS) is 25.5. The summed E-state index contributed by atoms with van der Waals surface area (Å²) >= 11 is 0. The van der Waals surface area contributed by atoms with Gasteiger partial charge >= 0.3 is 0 Å². The highest BCUT2D eigenvalue weighted by molar-refractivity contribution is 5.90. The zero-order valence-corrected chi connectivity index (χ0v) is 16.3. The summed E-state index contributed by atoms with van der Waals surface area (Å²) in [6.07, 6.45) is 4.78. The summed E-state index contributed by atoms with van der Waals surface area (Å²) in [5.74, 6) is 2.22. The molecule has 6 nitrogen and oxygen atoms in total. The third-order valence-corrected chi connectivity index (χ3v) is 5.64. The van der Waals surface area contributed by atoms with Gasteiger partial charge in [-0.25, -0.2) is 4.99 Å². The van der Waals surface area contributed by atoms with Gasteiger partial charge in [-0.3, -0.25) is 10.1 Å². The summed E-state index contributed by atoms with van der Waals surface area (Å²) in [4.78, 5) is 12.0. The average molecular weight is 365 g/mol. The van der Waals surface area contributed by atoms with Crippen molar-refractivity contribution in [3.8, 4) is 11.4 Å². The van der Waals surface area contributed by atoms with Crippen molar-refractivity contribution in [2.45, 2.75) is 33.2 Å². The van der Waals surface area contributed by atoms with Gasteiger partial charge in [0.1, 0.15) is 17.2 Å². The summed E-state index contributed by atoms with van der Waals surface area (Å²) in [7, 11) is 0. The Hall–Kier alpha value is -2.47. The molecule has 3 heterocycles. The summed E-state index contributed by atoms with van der Waals surface area (Å²) in [5.41, 5.74) is 4.81. The van der Waals surface area contributed by atoms with Gasteiger partial charge in [0, 0.05) is 24.5 Å². The van der Waals surface area contributed by atoms with Crippen molar-refractivity contribution in [2.24, 2.45) is 16.8 Å². The number of rotatable bonds is 4. The minimum absolute atomic E-state index is 0.310. The Kier molecular flexibility index (Phi) is 4.83. The molecule has 0 spiro atoms. The van der Waals surface area contributed by atoms with Crippen molar-refractivity contribution < 1.29 is 4.74 Å². The predicted octanol–water partition coefficient (Wildman–Crippen LogP) is 3.91. The maximum absolute atomic E-state index is 5.57. The van der Waals surface area contributed by atoms with Crippen LogP contribution in [-0.2, 0) is 4.74 Å². The van der Waals surface area contributed by atoms with Crippen LogP contribution in [0.5, 0.6) is 0 Å². The van der Waals surface area contributed by atoms with E-state index in [0.29, 0.717) is 17.9 Å². The monoisotopic (exact) mass is 365 g/mol. The molecule has 1 aliphatic heterocycles. The van der Waals surface area contributed by atoms with Crippen LogP contribution in [0, 0.1) is 11.8 Å². The largest absolute Gasteiger partial charge is 0.377 e. The van der Waals surface area contributed by atoms with Gasteiger partial charge in [-0.15, -0.1) is 0 Å². The van der Waals surface area contributed by atoms with Crippen LogP contribution in [0.2, 0.25) is 0 Å². The molecule has 4 rings (SSSR count). The van der Waals surface area contributed by atoms with Crippen LogP contribution >= 0.6 is 0 Å². The van der Waals surface area contributed by atoms with Gasteiger partial charge < -0.3 is 9.64 Å². The van der Waals surface area contributed by atoms with E-state index in [1.807, 2.05) is 18.3 Å². The fourth-order valence-electron chi connectivity index (χ4n) is 3.85. The number of allylic oxidation sites excluding steroid dienone is 1. The number of ether oxygens (including phenoxy) is 1. The fraction of sp³-hybridized carbons (Fsp3) is 0.476. The van der Waals surface area contributed by atoms with Crippen molar-refractivity contribution >= 4 is 17.1 Å². The van der Waals surface area contributed by atoms with Gasteiger partial charge in [-0.2, -0.15) is 5.10 Å². The zero-order valence-electron chi connectivity index (χ0n) is 16.3. The molecule has 1 N–H and O–H groups in total. The van der Waals surface area contributed by atoms with Gasteiger partial charge in [0.2, 0.25) is 0 Å². The van der Waals surface area contributed by atoms with Crippen LogP contribution in [0.25, 0.3) is 17.0 Å². The van der Waals surface area contributed by atoms with Gasteiger partial charge in [-0.05, 0) is 49.8 Å². The molecule has 2 fully saturated rings. The summed E-state index contributed by atoms with van der Waals surface area (Å²) in [5, 5.41) is 7.12. The Morgan fingerprint density at radius 1 is 1.33 bits per heavy atom. The van der Waals surface area contributed by atoms with E-state index in [1.165, 1.54) is 6.42 Å². The first-order valence-corrected chi connectivity index (χ1v) is 9.64. The molecule has 27 heavy (non-hydrogen) atoms. The average Bonchev–Trinajstić information content (AvgIpc) is 3.16. The van der Waals surface area contributed by atoms with Gasteiger partial charge in [0.25, 0.3) is 0 Å². The number of nitrogens with zero attached hydrogens (tertiary/aromatic N) is 4. The Labute approximate surface area is 160 Å². The lowest BCUT2D eigenvalue weighted by molar-refractivity contribution is 0.0330. The van der Waals surface area contributed by atoms with Crippen LogP contribution < -0.4 is 0 Å². The Balaban J connectivity index is 1.78. The van der Waals surface area contributed by atoms with Gasteiger partial charge in [-0.1, -0.05) is 13.5 Å². The second-order valence-corrected chi connectivity index (χ2v) is 7.65. The van der Waals surface area contributed by atoms with Crippen molar-refractivity contribution in [2.75, 3.05) is 19.8 Å². The fourth-order valence-corrected chi connectivity index (χ4v) is 3.85. The molecule has 1 aliphatic carbocycles. The van der Waals surface area contributed by atoms with E-state index in [0.717, 1.165) is 53.8 Å². The molecule has 2 aliphatic rings. The third-order valence-electron chi connectivity index (χ3n) is 5.64. The lowest BCUT2D eigenvalue weighted by Gasteiger charge is -2.34. The molecule has 0 radical (unpaired) electrons. The number of amidine groups is 1. The van der Waals surface area contributed by atoms with Crippen molar-refractivity contribution in [3.63, 3.8) is 0 Å². The molecule has 0 bridgehead atoms. The second kappa shape index (κ2) is 7.27. The molecule has 6 heteroatoms. The molecule has 0 aromatic carbocycles. The van der Waals surface area contributed by atoms with Crippen LogP contribution in [0.15, 0.2) is 36.1 Å². The number of hydrogen-bond donors (Lipinski definition) is 1. The van der Waals surface area contributed by atoms with Crippen LogP contribution in [0.1, 0.15) is 32.8 Å². The highest BCUT2D eigenvalue weighted by Crippen LogP contribution is 2.49. The molecule has 3 atom stereocenters. The molecule has 0 unspecified atom stereocenters. The first-order chi connectivity index (χ1) is 13.1. The van der Waals surface area contributed by atoms with Crippen LogP contribution in [-0.4, -0.2) is 51.7 Å². The number of morpholine rings is 1. The molecule has 0 amide bonds. The standard InChI is InChI=1S/C21H27N5O/c1-13-11-18(13)15(3)17-5-7-22-21(19-6-8-23-25-19)20(17)24-16(4)26-9-10-27-12-14(26)2/h5-8,13-14,18H,3,9-12H2,1-2,4H3,(H,23,25)/b24-16+/t13-,14+,18-/m0/s1. The topological polar surface area (TPSA) is 66.4 Å². The molecule has 1 saturated heterocycles. The van der Waals surface area contributed by atoms with Crippen molar-refractivity contribution in [3.05, 3.63) is 36.7 Å². The Morgan fingerprint density at radius 3 is 2.81 bits per heavy atom. The Morgan fingerprint density at radius 2 is 2.15 bits per heavy atom. The lowest BCUT2D eigenvalue weighted by Crippen LogP contribution is -2.46.